The molecule has 0 aromatic heterocycles. The van der Waals surface area contributed by atoms with E-state index in [1.807, 2.05) is 11.8 Å². The molecule has 2 fully saturated rings. The van der Waals surface area contributed by atoms with E-state index in [9.17, 15) is 5.11 Å². The Morgan fingerprint density at radius 1 is 1.23 bits per heavy atom. The van der Waals surface area contributed by atoms with Gasteiger partial charge >= 0.3 is 0 Å². The van der Waals surface area contributed by atoms with E-state index in [0.29, 0.717) is 6.04 Å². The third-order valence-corrected chi connectivity index (χ3v) is 4.42. The van der Waals surface area contributed by atoms with Gasteiger partial charge in [0.25, 0.3) is 0 Å². The molecule has 2 N–H and O–H groups in total. The molecular formula is C10H19NOS. The Bertz CT molecular complexity index is 164. The molecule has 0 aromatic rings. The number of aliphatic hydroxyl groups is 1. The van der Waals surface area contributed by atoms with Crippen molar-refractivity contribution in [1.29, 1.82) is 0 Å². The fourth-order valence-electron chi connectivity index (χ4n) is 2.07. The summed E-state index contributed by atoms with van der Waals surface area (Å²) in [6, 6.07) is 0.677. The predicted molar refractivity (Wildman–Crippen MR) is 57.2 cm³/mol. The number of hydrogen-bond acceptors (Lipinski definition) is 3. The summed E-state index contributed by atoms with van der Waals surface area (Å²) in [5.74, 6) is 2.46. The standard InChI is InChI=1S/C10H19NOS/c12-10(4-2-1-3-5-10)8-11-9-6-13-7-9/h9,11-12H,1-8H2. The normalized spacial score (nSPS) is 28.4. The molecule has 3 heteroatoms. The largest absolute Gasteiger partial charge is 0.389 e. The Morgan fingerprint density at radius 2 is 1.92 bits per heavy atom. The second-order valence-corrected chi connectivity index (χ2v) is 5.48. The van der Waals surface area contributed by atoms with Gasteiger partial charge in [-0.1, -0.05) is 19.3 Å². The first-order chi connectivity index (χ1) is 6.29. The van der Waals surface area contributed by atoms with Gasteiger partial charge in [-0.3, -0.25) is 0 Å². The molecule has 0 radical (unpaired) electrons. The van der Waals surface area contributed by atoms with Crippen molar-refractivity contribution < 1.29 is 5.11 Å². The van der Waals surface area contributed by atoms with E-state index in [1.54, 1.807) is 0 Å². The lowest BCUT2D eigenvalue weighted by Gasteiger charge is -2.35. The fraction of sp³-hybridized carbons (Fsp3) is 1.00. The van der Waals surface area contributed by atoms with E-state index in [-0.39, 0.29) is 5.60 Å². The first kappa shape index (κ1) is 9.81. The predicted octanol–water partition coefficient (Wildman–Crippen LogP) is 1.39. The summed E-state index contributed by atoms with van der Waals surface area (Å²) in [7, 11) is 0. The third kappa shape index (κ3) is 2.61. The summed E-state index contributed by atoms with van der Waals surface area (Å²) in [5.41, 5.74) is -0.376. The van der Waals surface area contributed by atoms with Gasteiger partial charge in [-0.05, 0) is 12.8 Å². The van der Waals surface area contributed by atoms with Gasteiger partial charge in [-0.2, -0.15) is 11.8 Å². The Morgan fingerprint density at radius 3 is 2.46 bits per heavy atom. The Kier molecular flexibility index (Phi) is 3.17. The van der Waals surface area contributed by atoms with E-state index >= 15 is 0 Å². The highest BCUT2D eigenvalue weighted by Gasteiger charge is 2.30. The number of rotatable bonds is 3. The van der Waals surface area contributed by atoms with Crippen molar-refractivity contribution in [3.05, 3.63) is 0 Å². The molecule has 2 aliphatic rings. The van der Waals surface area contributed by atoms with E-state index in [2.05, 4.69) is 5.32 Å². The molecule has 2 rings (SSSR count). The number of thioether (sulfide) groups is 1. The molecule has 0 bridgehead atoms. The minimum Gasteiger partial charge on any atom is -0.389 e. The van der Waals surface area contributed by atoms with Crippen molar-refractivity contribution in [2.45, 2.75) is 43.7 Å². The van der Waals surface area contributed by atoms with Crippen LogP contribution in [0.2, 0.25) is 0 Å². The molecule has 0 aromatic carbocycles. The molecule has 13 heavy (non-hydrogen) atoms. The van der Waals surface area contributed by atoms with Crippen LogP contribution >= 0.6 is 11.8 Å². The van der Waals surface area contributed by atoms with Crippen molar-refractivity contribution in [1.82, 2.24) is 5.32 Å². The van der Waals surface area contributed by atoms with Crippen molar-refractivity contribution in [2.75, 3.05) is 18.1 Å². The fourth-order valence-corrected chi connectivity index (χ4v) is 2.78. The highest BCUT2D eigenvalue weighted by Crippen LogP contribution is 2.28. The van der Waals surface area contributed by atoms with E-state index in [0.717, 1.165) is 19.4 Å². The van der Waals surface area contributed by atoms with Crippen LogP contribution < -0.4 is 5.32 Å². The van der Waals surface area contributed by atoms with Crippen LogP contribution in [0.5, 0.6) is 0 Å². The van der Waals surface area contributed by atoms with E-state index < -0.39 is 0 Å². The van der Waals surface area contributed by atoms with Crippen LogP contribution in [0.25, 0.3) is 0 Å². The Balaban J connectivity index is 1.71. The SMILES string of the molecule is OC1(CNC2CSC2)CCCCC1. The highest BCUT2D eigenvalue weighted by atomic mass is 32.2. The van der Waals surface area contributed by atoms with Crippen molar-refractivity contribution in [3.8, 4) is 0 Å². The van der Waals surface area contributed by atoms with Gasteiger partial charge in [0.15, 0.2) is 0 Å². The molecule has 76 valence electrons. The smallest absolute Gasteiger partial charge is 0.0771 e. The van der Waals surface area contributed by atoms with Crippen LogP contribution in [-0.4, -0.2) is 34.8 Å². The van der Waals surface area contributed by atoms with Crippen LogP contribution in [-0.2, 0) is 0 Å². The average molecular weight is 201 g/mol. The van der Waals surface area contributed by atoms with Crippen LogP contribution in [0.15, 0.2) is 0 Å². The summed E-state index contributed by atoms with van der Waals surface area (Å²) in [6.07, 6.45) is 5.72. The molecule has 1 aliphatic carbocycles. The summed E-state index contributed by atoms with van der Waals surface area (Å²) in [4.78, 5) is 0. The van der Waals surface area contributed by atoms with Crippen LogP contribution in [0.1, 0.15) is 32.1 Å². The minimum absolute atomic E-state index is 0.376. The second kappa shape index (κ2) is 4.20. The van der Waals surface area contributed by atoms with E-state index in [1.165, 1.54) is 30.8 Å². The summed E-state index contributed by atoms with van der Waals surface area (Å²) in [6.45, 7) is 0.818. The van der Waals surface area contributed by atoms with Gasteiger partial charge < -0.3 is 10.4 Å². The lowest BCUT2D eigenvalue weighted by Crippen LogP contribution is -2.49. The van der Waals surface area contributed by atoms with Crippen molar-refractivity contribution in [3.63, 3.8) is 0 Å². The monoisotopic (exact) mass is 201 g/mol. The zero-order chi connectivity index (χ0) is 9.15. The van der Waals surface area contributed by atoms with Crippen molar-refractivity contribution in [2.24, 2.45) is 0 Å². The van der Waals surface area contributed by atoms with Crippen LogP contribution in [0, 0.1) is 0 Å². The molecule has 1 saturated carbocycles. The topological polar surface area (TPSA) is 32.3 Å². The van der Waals surface area contributed by atoms with Gasteiger partial charge in [-0.25, -0.2) is 0 Å². The first-order valence-corrected chi connectivity index (χ1v) is 6.48. The average Bonchev–Trinajstić information content (AvgIpc) is 2.02. The molecule has 1 heterocycles. The molecule has 0 spiro atoms. The van der Waals surface area contributed by atoms with Crippen molar-refractivity contribution >= 4 is 11.8 Å². The highest BCUT2D eigenvalue weighted by molar-refractivity contribution is 8.00. The Hall–Kier alpha value is 0.270. The molecule has 2 nitrogen and oxygen atoms in total. The minimum atomic E-state index is -0.376. The number of nitrogens with one attached hydrogen (secondary N) is 1. The lowest BCUT2D eigenvalue weighted by molar-refractivity contribution is 0.00343. The maximum atomic E-state index is 10.2. The third-order valence-electron chi connectivity index (χ3n) is 3.14. The Labute approximate surface area is 84.5 Å². The van der Waals surface area contributed by atoms with Gasteiger partial charge in [0.2, 0.25) is 0 Å². The van der Waals surface area contributed by atoms with Gasteiger partial charge in [0, 0.05) is 24.1 Å². The zero-order valence-electron chi connectivity index (χ0n) is 8.09. The maximum Gasteiger partial charge on any atom is 0.0771 e. The maximum absolute atomic E-state index is 10.2. The molecule has 1 saturated heterocycles. The summed E-state index contributed by atoms with van der Waals surface area (Å²) in [5, 5.41) is 13.6. The summed E-state index contributed by atoms with van der Waals surface area (Å²) < 4.78 is 0. The zero-order valence-corrected chi connectivity index (χ0v) is 8.91. The first-order valence-electron chi connectivity index (χ1n) is 5.32. The molecule has 0 unspecified atom stereocenters. The quantitative estimate of drug-likeness (QED) is 0.723. The lowest BCUT2D eigenvalue weighted by atomic mass is 9.85. The molecule has 0 amide bonds. The number of hydrogen-bond donors (Lipinski definition) is 2. The molecular weight excluding hydrogens is 182 g/mol. The van der Waals surface area contributed by atoms with Gasteiger partial charge in [-0.15, -0.1) is 0 Å². The van der Waals surface area contributed by atoms with Crippen LogP contribution in [0.3, 0.4) is 0 Å². The molecule has 0 atom stereocenters. The van der Waals surface area contributed by atoms with Gasteiger partial charge in [0.05, 0.1) is 5.60 Å². The molecule has 1 aliphatic heterocycles. The summed E-state index contributed by atoms with van der Waals surface area (Å²) >= 11 is 1.99. The van der Waals surface area contributed by atoms with E-state index in [4.69, 9.17) is 0 Å². The van der Waals surface area contributed by atoms with Crippen LogP contribution in [0.4, 0.5) is 0 Å². The van der Waals surface area contributed by atoms with Gasteiger partial charge in [0.1, 0.15) is 0 Å². The second-order valence-electron chi connectivity index (χ2n) is 4.40.